The van der Waals surface area contributed by atoms with E-state index in [1.807, 2.05) is 24.8 Å². The zero-order valence-corrected chi connectivity index (χ0v) is 16.8. The Morgan fingerprint density at radius 3 is 2.61 bits per heavy atom. The van der Waals surface area contributed by atoms with Crippen LogP contribution in [-0.4, -0.2) is 39.8 Å². The van der Waals surface area contributed by atoms with E-state index in [1.165, 1.54) is 23.6 Å². The lowest BCUT2D eigenvalue weighted by Crippen LogP contribution is -2.36. The number of nitrogens with one attached hydrogen (secondary N) is 1. The van der Waals surface area contributed by atoms with Crippen molar-refractivity contribution in [2.45, 2.75) is 39.2 Å². The third kappa shape index (κ3) is 4.54. The Kier molecular flexibility index (Phi) is 6.37. The van der Waals surface area contributed by atoms with Crippen LogP contribution in [0.4, 0.5) is 0 Å². The average molecular weight is 398 g/mol. The van der Waals surface area contributed by atoms with Gasteiger partial charge in [0, 0.05) is 24.7 Å². The maximum absolute atomic E-state index is 12.7. The molecule has 0 aromatic carbocycles. The van der Waals surface area contributed by atoms with Crippen LogP contribution in [0, 0.1) is 17.2 Å². The van der Waals surface area contributed by atoms with E-state index in [4.69, 9.17) is 5.26 Å². The highest BCUT2D eigenvalue weighted by Gasteiger charge is 2.26. The third-order valence-electron chi connectivity index (χ3n) is 4.74. The number of hydrogen-bond donors (Lipinski definition) is 1. The molecule has 2 aromatic heterocycles. The number of aromatic nitrogens is 2. The first-order chi connectivity index (χ1) is 13.5. The summed E-state index contributed by atoms with van der Waals surface area (Å²) in [5.41, 5.74) is 1.09. The standard InChI is InChI=1S/C20H23N5O2S/c1-13(2)17(24-18(26)14-6-7-15(10-21)22-11-14)19-23-16(12-28-19)20(27)25-8-4-3-5-9-25/h6-7,11-13,17H,3-5,8-9H2,1-2H3,(H,24,26)/t17-/m0/s1. The molecule has 1 N–H and O–H groups in total. The van der Waals surface area contributed by atoms with Gasteiger partial charge >= 0.3 is 0 Å². The van der Waals surface area contributed by atoms with Crippen molar-refractivity contribution in [2.75, 3.05) is 13.1 Å². The van der Waals surface area contributed by atoms with E-state index in [2.05, 4.69) is 15.3 Å². The first-order valence-electron chi connectivity index (χ1n) is 9.41. The van der Waals surface area contributed by atoms with Gasteiger partial charge in [0.1, 0.15) is 22.5 Å². The number of likely N-dealkylation sites (tertiary alicyclic amines) is 1. The van der Waals surface area contributed by atoms with Crippen LogP contribution in [0.3, 0.4) is 0 Å². The second kappa shape index (κ2) is 8.93. The number of hydrogen-bond acceptors (Lipinski definition) is 6. The maximum Gasteiger partial charge on any atom is 0.273 e. The van der Waals surface area contributed by atoms with Gasteiger partial charge in [-0.3, -0.25) is 9.59 Å². The highest BCUT2D eigenvalue weighted by molar-refractivity contribution is 7.09. The Morgan fingerprint density at radius 1 is 1.25 bits per heavy atom. The van der Waals surface area contributed by atoms with E-state index in [-0.39, 0.29) is 29.5 Å². The summed E-state index contributed by atoms with van der Waals surface area (Å²) in [7, 11) is 0. The van der Waals surface area contributed by atoms with Crippen molar-refractivity contribution in [3.8, 4) is 6.07 Å². The molecule has 1 saturated heterocycles. The summed E-state index contributed by atoms with van der Waals surface area (Å²) in [6.45, 7) is 5.55. The second-order valence-corrected chi connectivity index (χ2v) is 8.05. The molecule has 1 aliphatic heterocycles. The van der Waals surface area contributed by atoms with Crippen LogP contribution in [0.25, 0.3) is 0 Å². The summed E-state index contributed by atoms with van der Waals surface area (Å²) >= 11 is 1.39. The van der Waals surface area contributed by atoms with Crippen LogP contribution in [0.5, 0.6) is 0 Å². The van der Waals surface area contributed by atoms with E-state index in [1.54, 1.807) is 11.4 Å². The topological polar surface area (TPSA) is 99.0 Å². The van der Waals surface area contributed by atoms with Crippen LogP contribution in [0.2, 0.25) is 0 Å². The van der Waals surface area contributed by atoms with Crippen LogP contribution in [0.1, 0.15) is 70.7 Å². The quantitative estimate of drug-likeness (QED) is 0.835. The Balaban J connectivity index is 1.73. The fourth-order valence-corrected chi connectivity index (χ4v) is 4.13. The van der Waals surface area contributed by atoms with E-state index in [0.717, 1.165) is 32.4 Å². The van der Waals surface area contributed by atoms with Crippen molar-refractivity contribution in [1.82, 2.24) is 20.2 Å². The molecule has 8 heteroatoms. The normalized spacial score (nSPS) is 15.1. The minimum atomic E-state index is -0.309. The van der Waals surface area contributed by atoms with Crippen molar-refractivity contribution in [1.29, 1.82) is 5.26 Å². The fourth-order valence-electron chi connectivity index (χ4n) is 3.12. The molecular formula is C20H23N5O2S. The molecule has 0 saturated carbocycles. The number of rotatable bonds is 5. The SMILES string of the molecule is CC(C)[C@H](NC(=O)c1ccc(C#N)nc1)c1nc(C(=O)N2CCCCC2)cs1. The molecule has 1 atom stereocenters. The van der Waals surface area contributed by atoms with Gasteiger partial charge in [-0.25, -0.2) is 9.97 Å². The van der Waals surface area contributed by atoms with Crippen molar-refractivity contribution >= 4 is 23.2 Å². The number of pyridine rings is 1. The lowest BCUT2D eigenvalue weighted by atomic mass is 10.0. The van der Waals surface area contributed by atoms with Crippen LogP contribution < -0.4 is 5.32 Å². The lowest BCUT2D eigenvalue weighted by molar-refractivity contribution is 0.0719. The van der Waals surface area contributed by atoms with Gasteiger partial charge in [0.15, 0.2) is 0 Å². The van der Waals surface area contributed by atoms with Crippen LogP contribution in [-0.2, 0) is 0 Å². The Bertz CT molecular complexity index is 879. The number of carbonyl (C=O) groups is 2. The maximum atomic E-state index is 12.7. The average Bonchev–Trinajstić information content (AvgIpc) is 3.21. The number of nitriles is 1. The lowest BCUT2D eigenvalue weighted by Gasteiger charge is -2.25. The smallest absolute Gasteiger partial charge is 0.273 e. The number of carbonyl (C=O) groups excluding carboxylic acids is 2. The molecule has 3 rings (SSSR count). The molecule has 2 aromatic rings. The summed E-state index contributed by atoms with van der Waals surface area (Å²) in [5.74, 6) is -0.221. The molecule has 1 fully saturated rings. The first-order valence-corrected chi connectivity index (χ1v) is 10.3. The molecule has 7 nitrogen and oxygen atoms in total. The molecular weight excluding hydrogens is 374 g/mol. The van der Waals surface area contributed by atoms with Gasteiger partial charge in [-0.05, 0) is 37.3 Å². The summed E-state index contributed by atoms with van der Waals surface area (Å²) in [4.78, 5) is 35.6. The Morgan fingerprint density at radius 2 is 2.00 bits per heavy atom. The molecule has 3 heterocycles. The first kappa shape index (κ1) is 20.0. The summed E-state index contributed by atoms with van der Waals surface area (Å²) < 4.78 is 0. The number of amides is 2. The summed E-state index contributed by atoms with van der Waals surface area (Å²) in [5, 5.41) is 14.3. The zero-order valence-electron chi connectivity index (χ0n) is 16.0. The van der Waals surface area contributed by atoms with E-state index >= 15 is 0 Å². The number of piperidine rings is 1. The third-order valence-corrected chi connectivity index (χ3v) is 5.67. The molecule has 146 valence electrons. The highest BCUT2D eigenvalue weighted by atomic mass is 32.1. The zero-order chi connectivity index (χ0) is 20.1. The largest absolute Gasteiger partial charge is 0.342 e. The molecule has 1 aliphatic rings. The predicted octanol–water partition coefficient (Wildman–Crippen LogP) is 3.16. The van der Waals surface area contributed by atoms with Crippen LogP contribution >= 0.6 is 11.3 Å². The summed E-state index contributed by atoms with van der Waals surface area (Å²) in [6, 6.07) is 4.71. The van der Waals surface area contributed by atoms with Crippen molar-refractivity contribution < 1.29 is 9.59 Å². The molecule has 2 amide bonds. The second-order valence-electron chi connectivity index (χ2n) is 7.16. The van der Waals surface area contributed by atoms with Gasteiger partial charge in [-0.15, -0.1) is 11.3 Å². The van der Waals surface area contributed by atoms with E-state index < -0.39 is 0 Å². The van der Waals surface area contributed by atoms with Gasteiger partial charge in [-0.2, -0.15) is 5.26 Å². The van der Waals surface area contributed by atoms with Gasteiger partial charge in [0.2, 0.25) is 0 Å². The van der Waals surface area contributed by atoms with Gasteiger partial charge in [0.05, 0.1) is 11.6 Å². The Hall–Kier alpha value is -2.79. The Labute approximate surface area is 168 Å². The van der Waals surface area contributed by atoms with Gasteiger partial charge < -0.3 is 10.2 Å². The predicted molar refractivity (Wildman–Crippen MR) is 106 cm³/mol. The van der Waals surface area contributed by atoms with Crippen molar-refractivity contribution in [2.24, 2.45) is 5.92 Å². The van der Waals surface area contributed by atoms with E-state index in [0.29, 0.717) is 16.3 Å². The minimum absolute atomic E-state index is 0.0349. The molecule has 0 unspecified atom stereocenters. The molecule has 0 spiro atoms. The number of thiazole rings is 1. The number of nitrogens with zero attached hydrogens (tertiary/aromatic N) is 4. The van der Waals surface area contributed by atoms with Crippen LogP contribution in [0.15, 0.2) is 23.7 Å². The van der Waals surface area contributed by atoms with Gasteiger partial charge in [-0.1, -0.05) is 13.8 Å². The minimum Gasteiger partial charge on any atom is -0.342 e. The van der Waals surface area contributed by atoms with Gasteiger partial charge in [0.25, 0.3) is 11.8 Å². The highest BCUT2D eigenvalue weighted by Crippen LogP contribution is 2.26. The van der Waals surface area contributed by atoms with Crippen molar-refractivity contribution in [3.05, 3.63) is 45.7 Å². The van der Waals surface area contributed by atoms with E-state index in [9.17, 15) is 9.59 Å². The monoisotopic (exact) mass is 397 g/mol. The molecule has 0 radical (unpaired) electrons. The van der Waals surface area contributed by atoms with Crippen molar-refractivity contribution in [3.63, 3.8) is 0 Å². The summed E-state index contributed by atoms with van der Waals surface area (Å²) in [6.07, 6.45) is 4.62. The molecule has 0 aliphatic carbocycles. The molecule has 0 bridgehead atoms. The fraction of sp³-hybridized carbons (Fsp3) is 0.450. The molecule has 28 heavy (non-hydrogen) atoms.